The van der Waals surface area contributed by atoms with Crippen LogP contribution in [0.5, 0.6) is 0 Å². The van der Waals surface area contributed by atoms with E-state index in [4.69, 9.17) is 0 Å². The first kappa shape index (κ1) is 26.0. The van der Waals surface area contributed by atoms with Crippen LogP contribution in [0.1, 0.15) is 22.6 Å². The molecular formula is C43H31N. The summed E-state index contributed by atoms with van der Waals surface area (Å²) >= 11 is 0. The lowest BCUT2D eigenvalue weighted by molar-refractivity contribution is 0.978. The summed E-state index contributed by atoms with van der Waals surface area (Å²) in [7, 11) is 0. The second kappa shape index (κ2) is 11.2. The molecule has 208 valence electrons. The Hall–Kier alpha value is -5.66. The van der Waals surface area contributed by atoms with Gasteiger partial charge in [0.05, 0.1) is 11.0 Å². The highest BCUT2D eigenvalue weighted by Crippen LogP contribution is 2.37. The number of hydrogen-bond donors (Lipinski definition) is 0. The fourth-order valence-electron chi connectivity index (χ4n) is 6.60. The molecule has 0 fully saturated rings. The summed E-state index contributed by atoms with van der Waals surface area (Å²) in [6.45, 7) is 0. The Balaban J connectivity index is 1.18. The van der Waals surface area contributed by atoms with Crippen molar-refractivity contribution in [2.45, 2.75) is 5.92 Å². The van der Waals surface area contributed by atoms with Crippen LogP contribution in [-0.2, 0) is 0 Å². The minimum Gasteiger partial charge on any atom is -0.309 e. The second-order valence-corrected chi connectivity index (χ2v) is 11.4. The number of fused-ring (bicyclic) bond motifs is 3. The van der Waals surface area contributed by atoms with E-state index in [-0.39, 0.29) is 5.92 Å². The van der Waals surface area contributed by atoms with Gasteiger partial charge in [0.15, 0.2) is 0 Å². The molecule has 0 aliphatic carbocycles. The van der Waals surface area contributed by atoms with Crippen LogP contribution >= 0.6 is 0 Å². The van der Waals surface area contributed by atoms with E-state index in [0.717, 1.165) is 0 Å². The molecule has 1 unspecified atom stereocenters. The molecule has 1 nitrogen and oxygen atoms in total. The molecule has 0 N–H and O–H groups in total. The van der Waals surface area contributed by atoms with Crippen LogP contribution in [-0.4, -0.2) is 4.57 Å². The smallest absolute Gasteiger partial charge is 0.0541 e. The van der Waals surface area contributed by atoms with Gasteiger partial charge in [0.25, 0.3) is 0 Å². The molecule has 0 aliphatic heterocycles. The predicted molar refractivity (Wildman–Crippen MR) is 185 cm³/mol. The molecule has 0 radical (unpaired) electrons. The van der Waals surface area contributed by atoms with Gasteiger partial charge in [-0.3, -0.25) is 0 Å². The van der Waals surface area contributed by atoms with E-state index in [2.05, 4.69) is 187 Å². The van der Waals surface area contributed by atoms with Gasteiger partial charge in [-0.1, -0.05) is 152 Å². The minimum atomic E-state index is 0.154. The topological polar surface area (TPSA) is 4.93 Å². The number of aromatic nitrogens is 1. The van der Waals surface area contributed by atoms with Crippen molar-refractivity contribution in [3.8, 4) is 27.9 Å². The summed E-state index contributed by atoms with van der Waals surface area (Å²) in [6.07, 6.45) is 0. The van der Waals surface area contributed by atoms with Crippen LogP contribution in [0, 0.1) is 0 Å². The monoisotopic (exact) mass is 561 g/mol. The first-order chi connectivity index (χ1) is 21.8. The van der Waals surface area contributed by atoms with Crippen LogP contribution in [0.25, 0.3) is 49.7 Å². The first-order valence-corrected chi connectivity index (χ1v) is 15.2. The Bertz CT molecular complexity index is 2170. The molecule has 1 aromatic heterocycles. The third kappa shape index (κ3) is 4.69. The Morgan fingerprint density at radius 1 is 0.318 bits per heavy atom. The zero-order chi connectivity index (χ0) is 29.3. The van der Waals surface area contributed by atoms with Crippen LogP contribution in [0.15, 0.2) is 182 Å². The lowest BCUT2D eigenvalue weighted by atomic mass is 9.84. The highest BCUT2D eigenvalue weighted by molar-refractivity contribution is 6.10. The number of para-hydroxylation sites is 2. The first-order valence-electron chi connectivity index (χ1n) is 15.2. The van der Waals surface area contributed by atoms with E-state index in [1.54, 1.807) is 0 Å². The number of benzene rings is 7. The normalized spacial score (nSPS) is 12.0. The molecule has 8 rings (SSSR count). The molecular weight excluding hydrogens is 530 g/mol. The molecule has 0 amide bonds. The fraction of sp³-hybridized carbons (Fsp3) is 0.0233. The molecule has 7 aromatic carbocycles. The van der Waals surface area contributed by atoms with Gasteiger partial charge in [-0.05, 0) is 69.3 Å². The summed E-state index contributed by atoms with van der Waals surface area (Å²) in [5, 5.41) is 2.54. The van der Waals surface area contributed by atoms with Gasteiger partial charge in [0.2, 0.25) is 0 Å². The molecule has 1 heterocycles. The van der Waals surface area contributed by atoms with E-state index in [1.165, 1.54) is 66.4 Å². The molecule has 0 saturated heterocycles. The molecule has 1 atom stereocenters. The molecule has 0 saturated carbocycles. The maximum absolute atomic E-state index is 2.37. The molecule has 44 heavy (non-hydrogen) atoms. The highest BCUT2D eigenvalue weighted by atomic mass is 15.0. The summed E-state index contributed by atoms with van der Waals surface area (Å²) < 4.78 is 2.37. The average molecular weight is 562 g/mol. The summed E-state index contributed by atoms with van der Waals surface area (Å²) in [6, 6.07) is 65.8. The number of rotatable bonds is 6. The van der Waals surface area contributed by atoms with Gasteiger partial charge in [0, 0.05) is 22.4 Å². The highest BCUT2D eigenvalue weighted by Gasteiger charge is 2.18. The van der Waals surface area contributed by atoms with Crippen molar-refractivity contribution >= 4 is 21.8 Å². The van der Waals surface area contributed by atoms with Gasteiger partial charge in [-0.2, -0.15) is 0 Å². The molecule has 8 aromatic rings. The van der Waals surface area contributed by atoms with E-state index in [0.29, 0.717) is 0 Å². The van der Waals surface area contributed by atoms with E-state index >= 15 is 0 Å². The van der Waals surface area contributed by atoms with Gasteiger partial charge in [-0.15, -0.1) is 0 Å². The zero-order valence-electron chi connectivity index (χ0n) is 24.3. The van der Waals surface area contributed by atoms with Gasteiger partial charge in [-0.25, -0.2) is 0 Å². The van der Waals surface area contributed by atoms with E-state index < -0.39 is 0 Å². The molecule has 0 bridgehead atoms. The maximum Gasteiger partial charge on any atom is 0.0541 e. The van der Waals surface area contributed by atoms with Gasteiger partial charge >= 0.3 is 0 Å². The summed E-state index contributed by atoms with van der Waals surface area (Å²) in [4.78, 5) is 0. The Kier molecular flexibility index (Phi) is 6.62. The predicted octanol–water partition coefficient (Wildman–Crippen LogP) is 11.3. The minimum absolute atomic E-state index is 0.154. The lowest BCUT2D eigenvalue weighted by Crippen LogP contribution is -2.03. The number of nitrogens with zero attached hydrogens (tertiary/aromatic N) is 1. The standard InChI is InChI=1S/C43H31N/c1-4-12-31(13-5-1)32-20-24-35(25-21-32)43(34-14-6-2-7-15-34)36-26-22-33(23-27-36)37-28-29-42-40(30-37)39-18-10-11-19-41(39)44(42)38-16-8-3-9-17-38/h1-30,43H. The second-order valence-electron chi connectivity index (χ2n) is 11.4. The van der Waals surface area contributed by atoms with E-state index in [9.17, 15) is 0 Å². The van der Waals surface area contributed by atoms with Crippen molar-refractivity contribution in [2.24, 2.45) is 0 Å². The zero-order valence-corrected chi connectivity index (χ0v) is 24.3. The van der Waals surface area contributed by atoms with Gasteiger partial charge < -0.3 is 4.57 Å². The van der Waals surface area contributed by atoms with Crippen molar-refractivity contribution in [2.75, 3.05) is 0 Å². The SMILES string of the molecule is c1ccc(-c2ccc(C(c3ccccc3)c3ccc(-c4ccc5c(c4)c4ccccc4n5-c4ccccc4)cc3)cc2)cc1. The third-order valence-electron chi connectivity index (χ3n) is 8.75. The average Bonchev–Trinajstić information content (AvgIpc) is 3.44. The Labute approximate surface area is 258 Å². The lowest BCUT2D eigenvalue weighted by Gasteiger charge is -2.20. The van der Waals surface area contributed by atoms with Crippen molar-refractivity contribution < 1.29 is 0 Å². The molecule has 0 aliphatic rings. The largest absolute Gasteiger partial charge is 0.309 e. The Morgan fingerprint density at radius 3 is 1.43 bits per heavy atom. The fourth-order valence-corrected chi connectivity index (χ4v) is 6.60. The van der Waals surface area contributed by atoms with Crippen LogP contribution in [0.2, 0.25) is 0 Å². The number of hydrogen-bond acceptors (Lipinski definition) is 0. The van der Waals surface area contributed by atoms with Crippen molar-refractivity contribution in [3.05, 3.63) is 199 Å². The van der Waals surface area contributed by atoms with Crippen LogP contribution in [0.3, 0.4) is 0 Å². The molecule has 0 spiro atoms. The summed E-state index contributed by atoms with van der Waals surface area (Å²) in [5.74, 6) is 0.154. The summed E-state index contributed by atoms with van der Waals surface area (Å²) in [5.41, 5.74) is 12.4. The molecule has 1 heteroatoms. The van der Waals surface area contributed by atoms with Crippen molar-refractivity contribution in [1.82, 2.24) is 4.57 Å². The maximum atomic E-state index is 2.37. The van der Waals surface area contributed by atoms with Crippen molar-refractivity contribution in [3.63, 3.8) is 0 Å². The van der Waals surface area contributed by atoms with Crippen LogP contribution in [0.4, 0.5) is 0 Å². The quantitative estimate of drug-likeness (QED) is 0.178. The Morgan fingerprint density at radius 2 is 0.773 bits per heavy atom. The van der Waals surface area contributed by atoms with Gasteiger partial charge in [0.1, 0.15) is 0 Å². The van der Waals surface area contributed by atoms with Crippen molar-refractivity contribution in [1.29, 1.82) is 0 Å². The third-order valence-corrected chi connectivity index (χ3v) is 8.75. The van der Waals surface area contributed by atoms with Crippen LogP contribution < -0.4 is 0 Å². The van der Waals surface area contributed by atoms with E-state index in [1.807, 2.05) is 0 Å².